The van der Waals surface area contributed by atoms with E-state index < -0.39 is 0 Å². The van der Waals surface area contributed by atoms with Gasteiger partial charge in [-0.05, 0) is 55.7 Å². The molecule has 0 N–H and O–H groups in total. The third-order valence-electron chi connectivity index (χ3n) is 4.53. The van der Waals surface area contributed by atoms with E-state index in [1.54, 1.807) is 24.4 Å². The Hall–Kier alpha value is -2.43. The summed E-state index contributed by atoms with van der Waals surface area (Å²) in [5.41, 5.74) is 1.63. The van der Waals surface area contributed by atoms with Crippen molar-refractivity contribution in [2.24, 2.45) is 5.92 Å². The number of hydrogen-bond acceptors (Lipinski definition) is 3. The van der Waals surface area contributed by atoms with Crippen LogP contribution < -0.4 is 4.74 Å². The Balaban J connectivity index is 1.58. The number of likely N-dealkylation sites (tertiary alicyclic amines) is 1. The highest BCUT2D eigenvalue weighted by Gasteiger charge is 2.25. The minimum absolute atomic E-state index is 0.0589. The number of pyridine rings is 1. The molecule has 1 saturated heterocycles. The van der Waals surface area contributed by atoms with Gasteiger partial charge in [0, 0.05) is 36.5 Å². The number of halogens is 1. The van der Waals surface area contributed by atoms with Gasteiger partial charge in [0.15, 0.2) is 0 Å². The normalized spacial score (nSPS) is 17.4. The average Bonchev–Trinajstić information content (AvgIpc) is 2.67. The summed E-state index contributed by atoms with van der Waals surface area (Å²) < 4.78 is 18.7. The second-order valence-electron chi connectivity index (χ2n) is 6.41. The SMILES string of the molecule is CCc1cc(C(=O)N2CCC[C@@H](COc3ccc(F)cc3)C2)ccn1. The maximum absolute atomic E-state index is 12.9. The Labute approximate surface area is 147 Å². The van der Waals surface area contributed by atoms with Gasteiger partial charge in [-0.2, -0.15) is 0 Å². The third-order valence-corrected chi connectivity index (χ3v) is 4.53. The van der Waals surface area contributed by atoms with E-state index >= 15 is 0 Å². The lowest BCUT2D eigenvalue weighted by Crippen LogP contribution is -2.41. The van der Waals surface area contributed by atoms with Crippen molar-refractivity contribution in [2.75, 3.05) is 19.7 Å². The first-order chi connectivity index (χ1) is 12.2. The zero-order chi connectivity index (χ0) is 17.6. The second-order valence-corrected chi connectivity index (χ2v) is 6.41. The molecule has 0 aliphatic carbocycles. The van der Waals surface area contributed by atoms with Crippen molar-refractivity contribution in [2.45, 2.75) is 26.2 Å². The van der Waals surface area contributed by atoms with Crippen LogP contribution in [-0.4, -0.2) is 35.5 Å². The van der Waals surface area contributed by atoms with E-state index in [1.165, 1.54) is 12.1 Å². The lowest BCUT2D eigenvalue weighted by atomic mass is 9.98. The molecule has 3 rings (SSSR count). The van der Waals surface area contributed by atoms with Gasteiger partial charge >= 0.3 is 0 Å². The monoisotopic (exact) mass is 342 g/mol. The van der Waals surface area contributed by atoms with Crippen molar-refractivity contribution in [1.82, 2.24) is 9.88 Å². The maximum atomic E-state index is 12.9. The van der Waals surface area contributed by atoms with Gasteiger partial charge in [0.1, 0.15) is 11.6 Å². The number of piperidine rings is 1. The van der Waals surface area contributed by atoms with E-state index in [0.717, 1.165) is 31.5 Å². The largest absolute Gasteiger partial charge is 0.493 e. The van der Waals surface area contributed by atoms with Crippen LogP contribution in [0.5, 0.6) is 5.75 Å². The van der Waals surface area contributed by atoms with Crippen LogP contribution >= 0.6 is 0 Å². The Morgan fingerprint density at radius 3 is 2.88 bits per heavy atom. The van der Waals surface area contributed by atoms with Crippen LogP contribution in [0.25, 0.3) is 0 Å². The molecule has 1 amide bonds. The van der Waals surface area contributed by atoms with Gasteiger partial charge < -0.3 is 9.64 Å². The number of aromatic nitrogens is 1. The Morgan fingerprint density at radius 1 is 1.32 bits per heavy atom. The Bertz CT molecular complexity index is 718. The fourth-order valence-corrected chi connectivity index (χ4v) is 3.12. The molecule has 2 heterocycles. The van der Waals surface area contributed by atoms with Crippen LogP contribution in [0.1, 0.15) is 35.8 Å². The summed E-state index contributed by atoms with van der Waals surface area (Å²) in [6.07, 6.45) is 4.51. The number of ether oxygens (including phenoxy) is 1. The molecule has 1 aliphatic rings. The lowest BCUT2D eigenvalue weighted by Gasteiger charge is -2.32. The zero-order valence-electron chi connectivity index (χ0n) is 14.5. The predicted octanol–water partition coefficient (Wildman–Crippen LogP) is 3.71. The molecule has 0 bridgehead atoms. The van der Waals surface area contributed by atoms with Crippen LogP contribution in [-0.2, 0) is 6.42 Å². The van der Waals surface area contributed by atoms with E-state index in [0.29, 0.717) is 24.5 Å². The number of nitrogens with zero attached hydrogens (tertiary/aromatic N) is 2. The summed E-state index contributed by atoms with van der Waals surface area (Å²) in [5, 5.41) is 0. The Kier molecular flexibility index (Phi) is 5.64. The highest BCUT2D eigenvalue weighted by atomic mass is 19.1. The Morgan fingerprint density at radius 2 is 2.12 bits per heavy atom. The highest BCUT2D eigenvalue weighted by Crippen LogP contribution is 2.21. The topological polar surface area (TPSA) is 42.4 Å². The number of amides is 1. The van der Waals surface area contributed by atoms with Gasteiger partial charge in [0.2, 0.25) is 0 Å². The summed E-state index contributed by atoms with van der Waals surface area (Å²) in [5.74, 6) is 0.732. The van der Waals surface area contributed by atoms with Gasteiger partial charge in [-0.1, -0.05) is 6.92 Å². The molecule has 132 valence electrons. The lowest BCUT2D eigenvalue weighted by molar-refractivity contribution is 0.0633. The van der Waals surface area contributed by atoms with Crippen LogP contribution in [0.4, 0.5) is 4.39 Å². The maximum Gasteiger partial charge on any atom is 0.253 e. The van der Waals surface area contributed by atoms with E-state index in [1.807, 2.05) is 17.9 Å². The first kappa shape index (κ1) is 17.4. The molecule has 1 atom stereocenters. The van der Waals surface area contributed by atoms with Crippen LogP contribution in [0, 0.1) is 11.7 Å². The summed E-state index contributed by atoms with van der Waals surface area (Å²) in [6, 6.07) is 9.69. The molecule has 1 fully saturated rings. The average molecular weight is 342 g/mol. The van der Waals surface area contributed by atoms with E-state index in [2.05, 4.69) is 4.98 Å². The molecule has 4 nitrogen and oxygen atoms in total. The molecule has 0 spiro atoms. The molecule has 0 unspecified atom stereocenters. The molecule has 1 aromatic heterocycles. The highest BCUT2D eigenvalue weighted by molar-refractivity contribution is 5.94. The standard InChI is InChI=1S/C20H23FN2O2/c1-2-18-12-16(9-10-22-18)20(24)23-11-3-4-15(13-23)14-25-19-7-5-17(21)6-8-19/h5-10,12,15H,2-4,11,13-14H2,1H3/t15-/m1/s1. The summed E-state index contributed by atoms with van der Waals surface area (Å²) >= 11 is 0. The van der Waals surface area contributed by atoms with Gasteiger partial charge in [-0.25, -0.2) is 4.39 Å². The molecule has 2 aromatic rings. The zero-order valence-corrected chi connectivity index (χ0v) is 14.5. The van der Waals surface area contributed by atoms with Crippen molar-refractivity contribution in [3.8, 4) is 5.75 Å². The van der Waals surface area contributed by atoms with E-state index in [9.17, 15) is 9.18 Å². The fraction of sp³-hybridized carbons (Fsp3) is 0.400. The van der Waals surface area contributed by atoms with Crippen molar-refractivity contribution >= 4 is 5.91 Å². The van der Waals surface area contributed by atoms with Crippen molar-refractivity contribution in [3.63, 3.8) is 0 Å². The van der Waals surface area contributed by atoms with Gasteiger partial charge in [-0.15, -0.1) is 0 Å². The van der Waals surface area contributed by atoms with Gasteiger partial charge in [0.25, 0.3) is 5.91 Å². The molecule has 1 aliphatic heterocycles. The van der Waals surface area contributed by atoms with Crippen molar-refractivity contribution in [3.05, 3.63) is 59.7 Å². The van der Waals surface area contributed by atoms with Crippen LogP contribution in [0.3, 0.4) is 0 Å². The van der Waals surface area contributed by atoms with Crippen LogP contribution in [0.15, 0.2) is 42.6 Å². The molecule has 25 heavy (non-hydrogen) atoms. The molecular formula is C20H23FN2O2. The fourth-order valence-electron chi connectivity index (χ4n) is 3.12. The molecule has 5 heteroatoms. The van der Waals surface area contributed by atoms with Crippen molar-refractivity contribution < 1.29 is 13.9 Å². The minimum atomic E-state index is -0.273. The predicted molar refractivity (Wildman–Crippen MR) is 94.1 cm³/mol. The number of carbonyl (C=O) groups excluding carboxylic acids is 1. The van der Waals surface area contributed by atoms with Gasteiger partial charge in [-0.3, -0.25) is 9.78 Å². The first-order valence-electron chi connectivity index (χ1n) is 8.78. The number of carbonyl (C=O) groups is 1. The van der Waals surface area contributed by atoms with Crippen LogP contribution in [0.2, 0.25) is 0 Å². The van der Waals surface area contributed by atoms with Gasteiger partial charge in [0.05, 0.1) is 6.61 Å². The van der Waals surface area contributed by atoms with E-state index in [4.69, 9.17) is 4.74 Å². The molecular weight excluding hydrogens is 319 g/mol. The second kappa shape index (κ2) is 8.10. The molecule has 0 saturated carbocycles. The number of aryl methyl sites for hydroxylation is 1. The number of rotatable bonds is 5. The summed E-state index contributed by atoms with van der Waals surface area (Å²) in [6.45, 7) is 4.02. The molecule has 0 radical (unpaired) electrons. The number of hydrogen-bond donors (Lipinski definition) is 0. The molecule has 1 aromatic carbocycles. The van der Waals surface area contributed by atoms with Crippen molar-refractivity contribution in [1.29, 1.82) is 0 Å². The summed E-state index contributed by atoms with van der Waals surface area (Å²) in [4.78, 5) is 18.9. The number of benzene rings is 1. The third kappa shape index (κ3) is 4.56. The minimum Gasteiger partial charge on any atom is -0.493 e. The quantitative estimate of drug-likeness (QED) is 0.832. The summed E-state index contributed by atoms with van der Waals surface area (Å²) in [7, 11) is 0. The smallest absolute Gasteiger partial charge is 0.253 e. The van der Waals surface area contributed by atoms with E-state index in [-0.39, 0.29) is 17.6 Å². The first-order valence-corrected chi connectivity index (χ1v) is 8.78.